The molecule has 0 spiro atoms. The lowest BCUT2D eigenvalue weighted by Crippen LogP contribution is -2.43. The van der Waals surface area contributed by atoms with E-state index in [1.807, 2.05) is 34.0 Å². The number of pyridine rings is 1. The van der Waals surface area contributed by atoms with Gasteiger partial charge in [-0.3, -0.25) is 14.5 Å². The predicted molar refractivity (Wildman–Crippen MR) is 97.5 cm³/mol. The van der Waals surface area contributed by atoms with Crippen LogP contribution >= 0.6 is 0 Å². The van der Waals surface area contributed by atoms with Gasteiger partial charge >= 0.3 is 0 Å². The second kappa shape index (κ2) is 7.58. The van der Waals surface area contributed by atoms with Gasteiger partial charge in [-0.2, -0.15) is 5.10 Å². The molecule has 3 heterocycles. The van der Waals surface area contributed by atoms with Crippen LogP contribution in [0.1, 0.15) is 42.8 Å². The van der Waals surface area contributed by atoms with E-state index in [1.54, 1.807) is 6.20 Å². The summed E-state index contributed by atoms with van der Waals surface area (Å²) in [5.74, 6) is 0.824. The summed E-state index contributed by atoms with van der Waals surface area (Å²) in [6.45, 7) is 4.95. The van der Waals surface area contributed by atoms with Crippen LogP contribution in [0.2, 0.25) is 0 Å². The number of carbonyl (C=O) groups excluding carboxylic acids is 1. The fourth-order valence-electron chi connectivity index (χ4n) is 3.67. The number of hydrogen-bond acceptors (Lipinski definition) is 4. The monoisotopic (exact) mass is 354 g/mol. The van der Waals surface area contributed by atoms with Gasteiger partial charge < -0.3 is 9.64 Å². The Balaban J connectivity index is 1.53. The van der Waals surface area contributed by atoms with Crippen molar-refractivity contribution in [3.63, 3.8) is 0 Å². The molecular weight excluding hydrogens is 328 g/mol. The van der Waals surface area contributed by atoms with Crippen LogP contribution in [0.3, 0.4) is 0 Å². The molecule has 0 saturated heterocycles. The van der Waals surface area contributed by atoms with Crippen LogP contribution in [0.5, 0.6) is 0 Å². The molecule has 2 aromatic heterocycles. The van der Waals surface area contributed by atoms with Crippen molar-refractivity contribution in [1.82, 2.24) is 19.7 Å². The molecule has 0 bridgehead atoms. The van der Waals surface area contributed by atoms with Gasteiger partial charge in [-0.1, -0.05) is 6.07 Å². The molecule has 6 nitrogen and oxygen atoms in total. The van der Waals surface area contributed by atoms with Crippen LogP contribution in [0.4, 0.5) is 0 Å². The van der Waals surface area contributed by atoms with Crippen molar-refractivity contribution in [3.05, 3.63) is 47.5 Å². The lowest BCUT2D eigenvalue weighted by Gasteiger charge is -2.36. The summed E-state index contributed by atoms with van der Waals surface area (Å²) in [5, 5.41) is 4.51. The van der Waals surface area contributed by atoms with Crippen molar-refractivity contribution in [2.75, 3.05) is 19.8 Å². The van der Waals surface area contributed by atoms with Gasteiger partial charge in [0, 0.05) is 31.6 Å². The molecule has 2 aliphatic rings. The van der Waals surface area contributed by atoms with Crippen molar-refractivity contribution in [1.29, 1.82) is 0 Å². The van der Waals surface area contributed by atoms with Gasteiger partial charge in [-0.15, -0.1) is 0 Å². The third-order valence-electron chi connectivity index (χ3n) is 5.28. The van der Waals surface area contributed by atoms with E-state index in [0.29, 0.717) is 25.5 Å². The van der Waals surface area contributed by atoms with Crippen LogP contribution in [-0.2, 0) is 28.9 Å². The summed E-state index contributed by atoms with van der Waals surface area (Å²) in [4.78, 5) is 19.3. The Kier molecular flexibility index (Phi) is 5.02. The van der Waals surface area contributed by atoms with Gasteiger partial charge in [-0.05, 0) is 49.8 Å². The second-order valence-corrected chi connectivity index (χ2v) is 7.20. The van der Waals surface area contributed by atoms with Crippen molar-refractivity contribution in [3.8, 4) is 0 Å². The second-order valence-electron chi connectivity index (χ2n) is 7.20. The first-order valence-corrected chi connectivity index (χ1v) is 9.58. The number of aromatic nitrogens is 3. The minimum absolute atomic E-state index is 0.0591. The first-order valence-electron chi connectivity index (χ1n) is 9.58. The summed E-state index contributed by atoms with van der Waals surface area (Å²) < 4.78 is 8.02. The molecule has 2 aromatic rings. The summed E-state index contributed by atoms with van der Waals surface area (Å²) in [6, 6.07) is 5.64. The molecule has 0 N–H and O–H groups in total. The predicted octanol–water partition coefficient (Wildman–Crippen LogP) is 2.39. The number of rotatable bonds is 7. The molecule has 6 heteroatoms. The van der Waals surface area contributed by atoms with Crippen LogP contribution in [-0.4, -0.2) is 45.3 Å². The smallest absolute Gasteiger partial charge is 0.229 e. The number of amides is 1. The minimum Gasteiger partial charge on any atom is -0.379 e. The largest absolute Gasteiger partial charge is 0.379 e. The van der Waals surface area contributed by atoms with E-state index in [0.717, 1.165) is 31.0 Å². The van der Waals surface area contributed by atoms with Crippen LogP contribution < -0.4 is 0 Å². The van der Waals surface area contributed by atoms with Crippen LogP contribution in [0.15, 0.2) is 30.6 Å². The highest BCUT2D eigenvalue weighted by Gasteiger charge is 2.34. The maximum absolute atomic E-state index is 13.0. The summed E-state index contributed by atoms with van der Waals surface area (Å²) in [6.07, 6.45) is 7.40. The SMILES string of the molecule is CCn1ncc2c1C(COCC1CC1)N(C(=O)Cc1ccccn1)CC2. The molecular formula is C20H26N4O2. The van der Waals surface area contributed by atoms with E-state index in [2.05, 4.69) is 17.0 Å². The van der Waals surface area contributed by atoms with Crippen molar-refractivity contribution in [2.24, 2.45) is 5.92 Å². The quantitative estimate of drug-likeness (QED) is 0.766. The van der Waals surface area contributed by atoms with E-state index >= 15 is 0 Å². The Labute approximate surface area is 154 Å². The fourth-order valence-corrected chi connectivity index (χ4v) is 3.67. The van der Waals surface area contributed by atoms with Crippen LogP contribution in [0, 0.1) is 5.92 Å². The molecule has 1 atom stereocenters. The average Bonchev–Trinajstić information content (AvgIpc) is 3.39. The van der Waals surface area contributed by atoms with Gasteiger partial charge in [0.1, 0.15) is 0 Å². The van der Waals surface area contributed by atoms with E-state index in [9.17, 15) is 4.79 Å². The minimum atomic E-state index is -0.0591. The van der Waals surface area contributed by atoms with E-state index < -0.39 is 0 Å². The highest BCUT2D eigenvalue weighted by Crippen LogP contribution is 2.33. The highest BCUT2D eigenvalue weighted by atomic mass is 16.5. The normalized spacial score (nSPS) is 19.4. The Hall–Kier alpha value is -2.21. The molecule has 1 amide bonds. The number of fused-ring (bicyclic) bond motifs is 1. The maximum atomic E-state index is 13.0. The third kappa shape index (κ3) is 3.65. The van der Waals surface area contributed by atoms with Gasteiger partial charge in [-0.25, -0.2) is 0 Å². The zero-order chi connectivity index (χ0) is 17.9. The number of hydrogen-bond donors (Lipinski definition) is 0. The van der Waals surface area contributed by atoms with Crippen molar-refractivity contribution < 1.29 is 9.53 Å². The molecule has 138 valence electrons. The zero-order valence-electron chi connectivity index (χ0n) is 15.3. The van der Waals surface area contributed by atoms with E-state index in [-0.39, 0.29) is 11.9 Å². The molecule has 0 radical (unpaired) electrons. The fraction of sp³-hybridized carbons (Fsp3) is 0.550. The standard InChI is InChI=1S/C20H26N4O2/c1-2-24-20-16(12-22-24)8-10-23(18(20)14-26-13-15-6-7-15)19(25)11-17-5-3-4-9-21-17/h3-5,9,12,15,18H,2,6-8,10-11,13-14H2,1H3. The highest BCUT2D eigenvalue weighted by molar-refractivity contribution is 5.79. The lowest BCUT2D eigenvalue weighted by atomic mass is 9.99. The molecule has 26 heavy (non-hydrogen) atoms. The first kappa shape index (κ1) is 17.2. The van der Waals surface area contributed by atoms with E-state index in [1.165, 1.54) is 18.4 Å². The topological polar surface area (TPSA) is 60.2 Å². The van der Waals surface area contributed by atoms with Crippen molar-refractivity contribution >= 4 is 5.91 Å². The number of carbonyl (C=O) groups is 1. The molecule has 1 aliphatic heterocycles. The Bertz CT molecular complexity index is 741. The number of nitrogens with zero attached hydrogens (tertiary/aromatic N) is 4. The Morgan fingerprint density at radius 1 is 1.31 bits per heavy atom. The Morgan fingerprint density at radius 3 is 2.92 bits per heavy atom. The van der Waals surface area contributed by atoms with Crippen molar-refractivity contribution in [2.45, 2.75) is 45.2 Å². The summed E-state index contributed by atoms with van der Waals surface area (Å²) >= 11 is 0. The molecule has 1 fully saturated rings. The molecule has 1 saturated carbocycles. The number of aryl methyl sites for hydroxylation is 1. The zero-order valence-corrected chi connectivity index (χ0v) is 15.3. The molecule has 1 unspecified atom stereocenters. The maximum Gasteiger partial charge on any atom is 0.229 e. The molecule has 4 rings (SSSR count). The van der Waals surface area contributed by atoms with Gasteiger partial charge in [0.05, 0.1) is 31.0 Å². The first-order chi connectivity index (χ1) is 12.8. The van der Waals surface area contributed by atoms with Gasteiger partial charge in [0.25, 0.3) is 0 Å². The third-order valence-corrected chi connectivity index (χ3v) is 5.28. The van der Waals surface area contributed by atoms with Gasteiger partial charge in [0.2, 0.25) is 5.91 Å². The molecule has 0 aromatic carbocycles. The number of ether oxygens (including phenoxy) is 1. The summed E-state index contributed by atoms with van der Waals surface area (Å²) in [5.41, 5.74) is 3.20. The van der Waals surface area contributed by atoms with E-state index in [4.69, 9.17) is 4.74 Å². The Morgan fingerprint density at radius 2 is 2.19 bits per heavy atom. The lowest BCUT2D eigenvalue weighted by molar-refractivity contribution is -0.135. The summed E-state index contributed by atoms with van der Waals surface area (Å²) in [7, 11) is 0. The average molecular weight is 354 g/mol. The van der Waals surface area contributed by atoms with Crippen LogP contribution in [0.25, 0.3) is 0 Å². The molecule has 1 aliphatic carbocycles. The van der Waals surface area contributed by atoms with Gasteiger partial charge in [0.15, 0.2) is 0 Å².